The molecule has 1 aliphatic carbocycles. The number of benzene rings is 1. The van der Waals surface area contributed by atoms with Crippen molar-refractivity contribution in [3.8, 4) is 0 Å². The average molecular weight is 349 g/mol. The first-order valence-electron chi connectivity index (χ1n) is 9.27. The van der Waals surface area contributed by atoms with Crippen LogP contribution in [-0.4, -0.2) is 40.8 Å². The lowest BCUT2D eigenvalue weighted by molar-refractivity contribution is -0.133. The number of carbonyl (C=O) groups excluding carboxylic acids is 2. The second-order valence-corrected chi connectivity index (χ2v) is 7.17. The summed E-state index contributed by atoms with van der Waals surface area (Å²) in [5, 5.41) is 3.06. The van der Waals surface area contributed by atoms with Crippen LogP contribution in [0, 0.1) is 5.92 Å². The van der Waals surface area contributed by atoms with Gasteiger partial charge in [-0.2, -0.15) is 0 Å². The number of carbonyl (C=O) groups is 2. The first-order chi connectivity index (χ1) is 12.7. The molecule has 134 valence electrons. The van der Waals surface area contributed by atoms with E-state index in [1.807, 2.05) is 23.1 Å². The van der Waals surface area contributed by atoms with Gasteiger partial charge in [0, 0.05) is 37.4 Å². The lowest BCUT2D eigenvalue weighted by Crippen LogP contribution is -2.47. The highest BCUT2D eigenvalue weighted by Crippen LogP contribution is 2.48. The number of amides is 2. The van der Waals surface area contributed by atoms with Crippen LogP contribution >= 0.6 is 0 Å². The highest BCUT2D eigenvalue weighted by molar-refractivity contribution is 5.94. The normalized spacial score (nSPS) is 22.7. The van der Waals surface area contributed by atoms with Gasteiger partial charge in [-0.3, -0.25) is 14.6 Å². The van der Waals surface area contributed by atoms with E-state index in [1.54, 1.807) is 24.5 Å². The van der Waals surface area contributed by atoms with Crippen molar-refractivity contribution in [1.82, 2.24) is 15.2 Å². The van der Waals surface area contributed by atoms with Gasteiger partial charge in [0.05, 0.1) is 5.56 Å². The number of hydrogen-bond donors (Lipinski definition) is 1. The van der Waals surface area contributed by atoms with Gasteiger partial charge in [-0.05, 0) is 42.9 Å². The van der Waals surface area contributed by atoms with E-state index < -0.39 is 0 Å². The molecule has 5 heteroatoms. The van der Waals surface area contributed by atoms with Crippen LogP contribution in [0.5, 0.6) is 0 Å². The summed E-state index contributed by atoms with van der Waals surface area (Å²) in [6.45, 7) is 1.43. The second-order valence-electron chi connectivity index (χ2n) is 7.17. The number of rotatable bonds is 4. The molecule has 2 aliphatic rings. The molecule has 0 radical (unpaired) electrons. The van der Waals surface area contributed by atoms with Crippen LogP contribution in [0.4, 0.5) is 0 Å². The Balaban J connectivity index is 1.26. The lowest BCUT2D eigenvalue weighted by atomic mass is 10.0. The van der Waals surface area contributed by atoms with Gasteiger partial charge >= 0.3 is 0 Å². The maximum absolute atomic E-state index is 12.7. The van der Waals surface area contributed by atoms with Crippen molar-refractivity contribution in [2.75, 3.05) is 13.1 Å². The van der Waals surface area contributed by atoms with E-state index in [1.165, 1.54) is 5.56 Å². The van der Waals surface area contributed by atoms with Gasteiger partial charge in [0.1, 0.15) is 0 Å². The largest absolute Gasteiger partial charge is 0.349 e. The Bertz CT molecular complexity index is 770. The first kappa shape index (κ1) is 16.8. The molecule has 0 spiro atoms. The third-order valence-corrected chi connectivity index (χ3v) is 5.40. The number of aromatic nitrogens is 1. The quantitative estimate of drug-likeness (QED) is 0.923. The summed E-state index contributed by atoms with van der Waals surface area (Å²) in [7, 11) is 0. The molecular weight excluding hydrogens is 326 g/mol. The molecule has 2 aromatic rings. The van der Waals surface area contributed by atoms with Gasteiger partial charge in [0.2, 0.25) is 5.91 Å². The number of pyridine rings is 1. The minimum atomic E-state index is -0.0887. The zero-order valence-corrected chi connectivity index (χ0v) is 14.7. The molecule has 2 atom stereocenters. The second kappa shape index (κ2) is 7.28. The molecule has 1 aromatic carbocycles. The summed E-state index contributed by atoms with van der Waals surface area (Å²) < 4.78 is 0. The zero-order valence-electron chi connectivity index (χ0n) is 14.7. The van der Waals surface area contributed by atoms with Crippen molar-refractivity contribution in [3.63, 3.8) is 0 Å². The van der Waals surface area contributed by atoms with Crippen LogP contribution in [0.3, 0.4) is 0 Å². The zero-order chi connectivity index (χ0) is 17.9. The number of piperidine rings is 1. The molecule has 2 amide bonds. The summed E-state index contributed by atoms with van der Waals surface area (Å²) in [5.74, 6) is 0.704. The van der Waals surface area contributed by atoms with Gasteiger partial charge in [-0.25, -0.2) is 0 Å². The number of likely N-dealkylation sites (tertiary alicyclic amines) is 1. The predicted molar refractivity (Wildman–Crippen MR) is 98.6 cm³/mol. The van der Waals surface area contributed by atoms with E-state index in [2.05, 4.69) is 22.4 Å². The monoisotopic (exact) mass is 349 g/mol. The molecule has 2 heterocycles. The van der Waals surface area contributed by atoms with Gasteiger partial charge in [0.15, 0.2) is 0 Å². The highest BCUT2D eigenvalue weighted by atomic mass is 16.2. The van der Waals surface area contributed by atoms with Crippen molar-refractivity contribution < 1.29 is 9.59 Å². The molecule has 26 heavy (non-hydrogen) atoms. The lowest BCUT2D eigenvalue weighted by Gasteiger charge is -2.32. The summed E-state index contributed by atoms with van der Waals surface area (Å²) >= 11 is 0. The van der Waals surface area contributed by atoms with Gasteiger partial charge in [0.25, 0.3) is 5.91 Å². The van der Waals surface area contributed by atoms with Crippen LogP contribution in [-0.2, 0) is 4.79 Å². The minimum absolute atomic E-state index is 0.0887. The first-order valence-corrected chi connectivity index (χ1v) is 9.27. The summed E-state index contributed by atoms with van der Waals surface area (Å²) in [5.41, 5.74) is 1.85. The average Bonchev–Trinajstić information content (AvgIpc) is 3.50. The van der Waals surface area contributed by atoms with E-state index >= 15 is 0 Å². The van der Waals surface area contributed by atoms with E-state index in [0.717, 1.165) is 32.4 Å². The molecule has 4 rings (SSSR count). The standard InChI is InChI=1S/C21H23N3O2/c25-20(16-7-4-10-22-14-16)23-17-8-11-24(12-9-17)21(26)19-13-18(19)15-5-2-1-3-6-15/h1-7,10,14,17-19H,8-9,11-13H2,(H,23,25)/t18-,19-/m1/s1. The Morgan fingerprint density at radius 2 is 1.81 bits per heavy atom. The molecule has 5 nitrogen and oxygen atoms in total. The molecule has 1 N–H and O–H groups in total. The van der Waals surface area contributed by atoms with Crippen LogP contribution in [0.15, 0.2) is 54.9 Å². The smallest absolute Gasteiger partial charge is 0.253 e. The fourth-order valence-electron chi connectivity index (χ4n) is 3.78. The Morgan fingerprint density at radius 1 is 1.04 bits per heavy atom. The fourth-order valence-corrected chi connectivity index (χ4v) is 3.78. The Kier molecular flexibility index (Phi) is 4.69. The van der Waals surface area contributed by atoms with Crippen LogP contribution in [0.1, 0.15) is 41.1 Å². The molecule has 0 unspecified atom stereocenters. The molecule has 0 bridgehead atoms. The fraction of sp³-hybridized carbons (Fsp3) is 0.381. The summed E-state index contributed by atoms with van der Waals surface area (Å²) in [6, 6.07) is 13.9. The molecule has 1 aromatic heterocycles. The number of nitrogens with one attached hydrogen (secondary N) is 1. The van der Waals surface area contributed by atoms with Crippen LogP contribution < -0.4 is 5.32 Å². The Hall–Kier alpha value is -2.69. The van der Waals surface area contributed by atoms with Crippen LogP contribution in [0.2, 0.25) is 0 Å². The van der Waals surface area contributed by atoms with E-state index in [0.29, 0.717) is 11.5 Å². The summed E-state index contributed by atoms with van der Waals surface area (Å²) in [6.07, 6.45) is 5.80. The van der Waals surface area contributed by atoms with Crippen LogP contribution in [0.25, 0.3) is 0 Å². The van der Waals surface area contributed by atoms with Crippen molar-refractivity contribution in [2.45, 2.75) is 31.2 Å². The third-order valence-electron chi connectivity index (χ3n) is 5.40. The highest BCUT2D eigenvalue weighted by Gasteiger charge is 2.46. The third kappa shape index (κ3) is 3.62. The Labute approximate surface area is 153 Å². The molecule has 1 aliphatic heterocycles. The van der Waals surface area contributed by atoms with Crippen molar-refractivity contribution in [1.29, 1.82) is 0 Å². The summed E-state index contributed by atoms with van der Waals surface area (Å²) in [4.78, 5) is 30.9. The SMILES string of the molecule is O=C(NC1CCN(C(=O)[C@@H]2C[C@@H]2c2ccccc2)CC1)c1cccnc1. The topological polar surface area (TPSA) is 62.3 Å². The maximum atomic E-state index is 12.7. The minimum Gasteiger partial charge on any atom is -0.349 e. The predicted octanol–water partition coefficient (Wildman–Crippen LogP) is 2.61. The molecule has 1 saturated carbocycles. The maximum Gasteiger partial charge on any atom is 0.253 e. The number of nitrogens with zero attached hydrogens (tertiary/aromatic N) is 2. The van der Waals surface area contributed by atoms with Gasteiger partial charge in [-0.1, -0.05) is 30.3 Å². The van der Waals surface area contributed by atoms with Gasteiger partial charge in [-0.15, -0.1) is 0 Å². The molecule has 2 fully saturated rings. The van der Waals surface area contributed by atoms with Crippen molar-refractivity contribution >= 4 is 11.8 Å². The van der Waals surface area contributed by atoms with E-state index in [9.17, 15) is 9.59 Å². The number of hydrogen-bond acceptors (Lipinski definition) is 3. The molecular formula is C21H23N3O2. The Morgan fingerprint density at radius 3 is 2.50 bits per heavy atom. The van der Waals surface area contributed by atoms with Gasteiger partial charge < -0.3 is 10.2 Å². The molecule has 1 saturated heterocycles. The van der Waals surface area contributed by atoms with Crippen molar-refractivity contribution in [3.05, 3.63) is 66.0 Å². The van der Waals surface area contributed by atoms with E-state index in [4.69, 9.17) is 0 Å². The van der Waals surface area contributed by atoms with Crippen molar-refractivity contribution in [2.24, 2.45) is 5.92 Å². The van der Waals surface area contributed by atoms with E-state index in [-0.39, 0.29) is 23.8 Å².